The number of hydrogen-bond donors (Lipinski definition) is 1. The lowest BCUT2D eigenvalue weighted by molar-refractivity contribution is -0.145. The molecule has 0 saturated heterocycles. The number of esters is 1. The number of hydrogen-bond acceptors (Lipinski definition) is 3. The van der Waals surface area contributed by atoms with E-state index in [1.54, 1.807) is 12.1 Å². The third-order valence-electron chi connectivity index (χ3n) is 6.28. The molecule has 0 aliphatic heterocycles. The fraction of sp³-hybridized carbons (Fsp3) is 0.367. The summed E-state index contributed by atoms with van der Waals surface area (Å²) in [5.74, 6) is -0.333. The standard InChI is InChI=1S/C30H37ClNO3P/c1-7-8-13-35-29(33)20-30(6,25-9-11-26(31)12-10-25)32-36(34,27-16-21(2)14-22(3)17-27)28-18-23(4)15-24(5)19-28/h9-12,14-19H,7-8,13,20H2,1-6H3,(H,32,34). The van der Waals surface area contributed by atoms with E-state index in [9.17, 15) is 4.79 Å². The molecule has 0 aromatic heterocycles. The predicted molar refractivity (Wildman–Crippen MR) is 151 cm³/mol. The number of aryl methyl sites for hydroxylation is 4. The SMILES string of the molecule is CCCCOC(=O)CC(C)(NP(=O)(c1cc(C)cc(C)c1)c1cc(C)cc(C)c1)c1ccc(Cl)cc1. The molecule has 0 fully saturated rings. The Balaban J connectivity index is 2.18. The maximum absolute atomic E-state index is 15.2. The van der Waals surface area contributed by atoms with Crippen molar-refractivity contribution in [1.29, 1.82) is 0 Å². The molecule has 0 aliphatic carbocycles. The monoisotopic (exact) mass is 525 g/mol. The van der Waals surface area contributed by atoms with Crippen LogP contribution in [0, 0.1) is 27.7 Å². The third-order valence-corrected chi connectivity index (χ3v) is 9.32. The molecular weight excluding hydrogens is 489 g/mol. The van der Waals surface area contributed by atoms with Gasteiger partial charge in [0.2, 0.25) is 7.29 Å². The average Bonchev–Trinajstić information content (AvgIpc) is 2.78. The molecule has 0 heterocycles. The normalized spacial score (nSPS) is 13.3. The molecule has 1 unspecified atom stereocenters. The van der Waals surface area contributed by atoms with Gasteiger partial charge in [0.1, 0.15) is 0 Å². The Kier molecular flexibility index (Phi) is 9.22. The van der Waals surface area contributed by atoms with Crippen molar-refractivity contribution in [3.8, 4) is 0 Å². The van der Waals surface area contributed by atoms with Crippen LogP contribution < -0.4 is 15.7 Å². The zero-order valence-corrected chi connectivity index (χ0v) is 23.8. The van der Waals surface area contributed by atoms with Crippen LogP contribution in [0.4, 0.5) is 0 Å². The highest BCUT2D eigenvalue weighted by atomic mass is 35.5. The summed E-state index contributed by atoms with van der Waals surface area (Å²) in [6, 6.07) is 19.4. The second kappa shape index (κ2) is 11.8. The zero-order valence-electron chi connectivity index (χ0n) is 22.2. The summed E-state index contributed by atoms with van der Waals surface area (Å²) in [6.45, 7) is 12.4. The molecular formula is C30H37ClNO3P. The van der Waals surface area contributed by atoms with Gasteiger partial charge in [-0.15, -0.1) is 0 Å². The molecule has 0 spiro atoms. The van der Waals surface area contributed by atoms with Crippen molar-refractivity contribution in [2.75, 3.05) is 6.61 Å². The largest absolute Gasteiger partial charge is 0.466 e. The highest BCUT2D eigenvalue weighted by Crippen LogP contribution is 2.45. The summed E-state index contributed by atoms with van der Waals surface area (Å²) in [5.41, 5.74) is 3.96. The van der Waals surface area contributed by atoms with Gasteiger partial charge in [-0.2, -0.15) is 0 Å². The van der Waals surface area contributed by atoms with Crippen molar-refractivity contribution in [3.63, 3.8) is 0 Å². The third kappa shape index (κ3) is 6.88. The lowest BCUT2D eigenvalue weighted by Crippen LogP contribution is -2.44. The summed E-state index contributed by atoms with van der Waals surface area (Å²) < 4.78 is 20.8. The van der Waals surface area contributed by atoms with E-state index >= 15 is 4.57 Å². The van der Waals surface area contributed by atoms with Gasteiger partial charge < -0.3 is 4.74 Å². The fourth-order valence-electron chi connectivity index (χ4n) is 4.58. The smallest absolute Gasteiger partial charge is 0.308 e. The second-order valence-corrected chi connectivity index (χ2v) is 12.9. The van der Waals surface area contributed by atoms with Crippen molar-refractivity contribution >= 4 is 35.5 Å². The molecule has 1 N–H and O–H groups in total. The van der Waals surface area contributed by atoms with Gasteiger partial charge in [-0.25, -0.2) is 5.09 Å². The van der Waals surface area contributed by atoms with Crippen LogP contribution in [0.1, 0.15) is 60.9 Å². The van der Waals surface area contributed by atoms with Crippen LogP contribution in [0.5, 0.6) is 0 Å². The zero-order chi connectivity index (χ0) is 26.5. The highest BCUT2D eigenvalue weighted by Gasteiger charge is 2.40. The Labute approximate surface area is 220 Å². The van der Waals surface area contributed by atoms with Crippen LogP contribution in [0.25, 0.3) is 0 Å². The van der Waals surface area contributed by atoms with E-state index in [0.29, 0.717) is 22.2 Å². The van der Waals surface area contributed by atoms with E-state index in [1.165, 1.54) is 0 Å². The van der Waals surface area contributed by atoms with Crippen molar-refractivity contribution in [3.05, 3.63) is 93.5 Å². The van der Waals surface area contributed by atoms with E-state index < -0.39 is 12.8 Å². The molecule has 0 saturated carbocycles. The van der Waals surface area contributed by atoms with Crippen molar-refractivity contribution in [1.82, 2.24) is 5.09 Å². The first-order valence-electron chi connectivity index (χ1n) is 12.4. The number of unbranched alkanes of at least 4 members (excludes halogenated alkanes) is 1. The molecule has 0 radical (unpaired) electrons. The second-order valence-electron chi connectivity index (χ2n) is 10.0. The number of carbonyl (C=O) groups is 1. The van der Waals surface area contributed by atoms with Crippen LogP contribution in [0.15, 0.2) is 60.7 Å². The molecule has 3 rings (SSSR count). The lowest BCUT2D eigenvalue weighted by Gasteiger charge is -2.36. The molecule has 3 aromatic carbocycles. The quantitative estimate of drug-likeness (QED) is 0.175. The molecule has 6 heteroatoms. The van der Waals surface area contributed by atoms with Crippen molar-refractivity contribution in [2.45, 2.75) is 66.3 Å². The van der Waals surface area contributed by atoms with Crippen LogP contribution in [-0.4, -0.2) is 12.6 Å². The Morgan fingerprint density at radius 3 is 1.81 bits per heavy atom. The Hall–Kier alpha value is -2.39. The number of ether oxygens (including phenoxy) is 1. The van der Waals surface area contributed by atoms with E-state index in [1.807, 2.05) is 71.0 Å². The molecule has 4 nitrogen and oxygen atoms in total. The van der Waals surface area contributed by atoms with Gasteiger partial charge in [-0.3, -0.25) is 9.36 Å². The highest BCUT2D eigenvalue weighted by molar-refractivity contribution is 7.77. The topological polar surface area (TPSA) is 55.4 Å². The summed E-state index contributed by atoms with van der Waals surface area (Å²) in [4.78, 5) is 13.0. The number of nitrogens with one attached hydrogen (secondary N) is 1. The molecule has 192 valence electrons. The number of rotatable bonds is 10. The minimum Gasteiger partial charge on any atom is -0.466 e. The van der Waals surface area contributed by atoms with E-state index in [-0.39, 0.29) is 12.4 Å². The average molecular weight is 526 g/mol. The molecule has 0 aliphatic rings. The Bertz CT molecular complexity index is 1180. The first-order valence-corrected chi connectivity index (χ1v) is 14.5. The summed E-state index contributed by atoms with van der Waals surface area (Å²) in [7, 11) is -3.41. The minimum absolute atomic E-state index is 0.0257. The van der Waals surface area contributed by atoms with E-state index in [0.717, 1.165) is 40.7 Å². The first-order chi connectivity index (χ1) is 16.9. The van der Waals surface area contributed by atoms with Crippen LogP contribution >= 0.6 is 18.9 Å². The van der Waals surface area contributed by atoms with Gasteiger partial charge >= 0.3 is 5.97 Å². The fourth-order valence-corrected chi connectivity index (χ4v) is 7.71. The summed E-state index contributed by atoms with van der Waals surface area (Å²) in [6.07, 6.45) is 1.77. The van der Waals surface area contributed by atoms with Crippen molar-refractivity contribution < 1.29 is 14.1 Å². The molecule has 3 aromatic rings. The van der Waals surface area contributed by atoms with Crippen LogP contribution in [0.3, 0.4) is 0 Å². The number of carbonyl (C=O) groups excluding carboxylic acids is 1. The van der Waals surface area contributed by atoms with E-state index in [2.05, 4.69) is 24.1 Å². The minimum atomic E-state index is -3.41. The van der Waals surface area contributed by atoms with Gasteiger partial charge in [-0.1, -0.05) is 71.5 Å². The maximum atomic E-state index is 15.2. The van der Waals surface area contributed by atoms with Gasteiger partial charge in [0.05, 0.1) is 18.6 Å². The van der Waals surface area contributed by atoms with Crippen LogP contribution in [-0.2, 0) is 19.6 Å². The van der Waals surface area contributed by atoms with Gasteiger partial charge in [-0.05, 0) is 83.0 Å². The number of halogens is 1. The van der Waals surface area contributed by atoms with Crippen LogP contribution in [0.2, 0.25) is 5.02 Å². The summed E-state index contributed by atoms with van der Waals surface area (Å²) in [5, 5.41) is 5.54. The molecule has 36 heavy (non-hydrogen) atoms. The number of benzene rings is 3. The maximum Gasteiger partial charge on any atom is 0.308 e. The van der Waals surface area contributed by atoms with Gasteiger partial charge in [0, 0.05) is 15.6 Å². The van der Waals surface area contributed by atoms with Crippen molar-refractivity contribution in [2.24, 2.45) is 0 Å². The lowest BCUT2D eigenvalue weighted by atomic mass is 9.90. The van der Waals surface area contributed by atoms with Gasteiger partial charge in [0.15, 0.2) is 0 Å². The molecule has 1 atom stereocenters. The van der Waals surface area contributed by atoms with Gasteiger partial charge in [0.25, 0.3) is 0 Å². The first kappa shape index (κ1) is 28.2. The Morgan fingerprint density at radius 1 is 0.889 bits per heavy atom. The summed E-state index contributed by atoms with van der Waals surface area (Å²) >= 11 is 6.18. The Morgan fingerprint density at radius 2 is 1.36 bits per heavy atom. The van der Waals surface area contributed by atoms with E-state index in [4.69, 9.17) is 16.3 Å². The predicted octanol–water partition coefficient (Wildman–Crippen LogP) is 7.04. The molecule has 0 amide bonds. The molecule has 0 bridgehead atoms.